The van der Waals surface area contributed by atoms with Gasteiger partial charge in [-0.05, 0) is 54.8 Å². The zero-order valence-electron chi connectivity index (χ0n) is 10.1. The molecule has 0 amide bonds. The number of hydrogen-bond acceptors (Lipinski definition) is 3. The third-order valence-corrected chi connectivity index (χ3v) is 4.58. The largest absolute Gasteiger partial charge is 0.369 e. The molecule has 1 aromatic carbocycles. The van der Waals surface area contributed by atoms with E-state index in [2.05, 4.69) is 41.5 Å². The first-order valence-corrected chi connectivity index (χ1v) is 7.11. The average Bonchev–Trinajstić information content (AvgIpc) is 2.75. The van der Waals surface area contributed by atoms with Crippen LogP contribution in [-0.2, 0) is 0 Å². The highest BCUT2D eigenvalue weighted by molar-refractivity contribution is 7.17. The highest BCUT2D eigenvalue weighted by Gasteiger charge is 2.23. The Labute approximate surface area is 106 Å². The highest BCUT2D eigenvalue weighted by atomic mass is 32.1. The molecule has 1 aromatic heterocycles. The molecule has 0 radical (unpaired) electrons. The van der Waals surface area contributed by atoms with Crippen LogP contribution in [0.3, 0.4) is 0 Å². The van der Waals surface area contributed by atoms with Gasteiger partial charge < -0.3 is 10.6 Å². The van der Waals surface area contributed by atoms with Crippen molar-refractivity contribution in [3.8, 4) is 0 Å². The molecule has 0 bridgehead atoms. The van der Waals surface area contributed by atoms with E-state index >= 15 is 0 Å². The summed E-state index contributed by atoms with van der Waals surface area (Å²) in [5.41, 5.74) is 7.36. The molecular weight excluding hydrogens is 228 g/mol. The fourth-order valence-corrected chi connectivity index (χ4v) is 3.50. The second-order valence-electron chi connectivity index (χ2n) is 4.97. The first-order valence-electron chi connectivity index (χ1n) is 6.23. The summed E-state index contributed by atoms with van der Waals surface area (Å²) < 4.78 is 1.37. The van der Waals surface area contributed by atoms with E-state index in [0.717, 1.165) is 19.4 Å². The van der Waals surface area contributed by atoms with Crippen LogP contribution >= 0.6 is 11.3 Å². The van der Waals surface area contributed by atoms with Gasteiger partial charge in [0.2, 0.25) is 0 Å². The van der Waals surface area contributed by atoms with Crippen LogP contribution < -0.4 is 10.6 Å². The average molecular weight is 246 g/mol. The smallest absolute Gasteiger partial charge is 0.0375 e. The maximum Gasteiger partial charge on any atom is 0.0375 e. The van der Waals surface area contributed by atoms with Gasteiger partial charge in [0.25, 0.3) is 0 Å². The van der Waals surface area contributed by atoms with Gasteiger partial charge in [0.1, 0.15) is 0 Å². The fraction of sp³-hybridized carbons (Fsp3) is 0.429. The number of hydrogen-bond donors (Lipinski definition) is 1. The molecule has 1 fully saturated rings. The van der Waals surface area contributed by atoms with Crippen molar-refractivity contribution in [3.63, 3.8) is 0 Å². The second kappa shape index (κ2) is 4.31. The molecule has 2 atom stereocenters. The molecular formula is C14H18N2S. The Kier molecular flexibility index (Phi) is 2.81. The molecule has 0 saturated carbocycles. The van der Waals surface area contributed by atoms with Gasteiger partial charge in [0.05, 0.1) is 0 Å². The molecule has 2 N–H and O–H groups in total. The lowest BCUT2D eigenvalue weighted by Gasteiger charge is -2.38. The van der Waals surface area contributed by atoms with Crippen molar-refractivity contribution < 1.29 is 0 Å². The third kappa shape index (κ3) is 2.05. The number of piperidine rings is 1. The lowest BCUT2D eigenvalue weighted by Crippen LogP contribution is -2.45. The SMILES string of the molecule is CC1CC(N)CCN1c1ccc2sccc2c1. The van der Waals surface area contributed by atoms with Gasteiger partial charge in [-0.3, -0.25) is 0 Å². The number of thiophene rings is 1. The predicted molar refractivity (Wildman–Crippen MR) is 75.8 cm³/mol. The molecule has 17 heavy (non-hydrogen) atoms. The Balaban J connectivity index is 1.92. The van der Waals surface area contributed by atoms with Crippen molar-refractivity contribution in [1.82, 2.24) is 0 Å². The summed E-state index contributed by atoms with van der Waals surface area (Å²) in [4.78, 5) is 2.49. The van der Waals surface area contributed by atoms with Crippen molar-refractivity contribution in [2.45, 2.75) is 31.8 Å². The third-order valence-electron chi connectivity index (χ3n) is 3.68. The number of rotatable bonds is 1. The van der Waals surface area contributed by atoms with Gasteiger partial charge in [0, 0.05) is 29.0 Å². The molecule has 1 aliphatic rings. The molecule has 2 heterocycles. The van der Waals surface area contributed by atoms with Crippen LogP contribution in [0.4, 0.5) is 5.69 Å². The Morgan fingerprint density at radius 3 is 3.06 bits per heavy atom. The van der Waals surface area contributed by atoms with Crippen molar-refractivity contribution in [2.75, 3.05) is 11.4 Å². The molecule has 3 rings (SSSR count). The minimum Gasteiger partial charge on any atom is -0.369 e. The second-order valence-corrected chi connectivity index (χ2v) is 5.92. The van der Waals surface area contributed by atoms with Crippen molar-refractivity contribution in [1.29, 1.82) is 0 Å². The first-order chi connectivity index (χ1) is 8.24. The molecule has 0 spiro atoms. The molecule has 2 nitrogen and oxygen atoms in total. The summed E-state index contributed by atoms with van der Waals surface area (Å²) in [5, 5.41) is 3.51. The molecule has 1 saturated heterocycles. The van der Waals surface area contributed by atoms with E-state index in [-0.39, 0.29) is 0 Å². The number of fused-ring (bicyclic) bond motifs is 1. The summed E-state index contributed by atoms with van der Waals surface area (Å²) in [6, 6.07) is 9.91. The Hall–Kier alpha value is -1.06. The van der Waals surface area contributed by atoms with E-state index in [4.69, 9.17) is 5.73 Å². The summed E-state index contributed by atoms with van der Waals surface area (Å²) in [6.45, 7) is 3.36. The monoisotopic (exact) mass is 246 g/mol. The van der Waals surface area contributed by atoms with E-state index in [1.165, 1.54) is 15.8 Å². The van der Waals surface area contributed by atoms with Crippen LogP contribution in [0, 0.1) is 0 Å². The van der Waals surface area contributed by atoms with Crippen molar-refractivity contribution in [2.24, 2.45) is 5.73 Å². The van der Waals surface area contributed by atoms with Crippen molar-refractivity contribution in [3.05, 3.63) is 29.6 Å². The molecule has 1 aliphatic heterocycles. The Morgan fingerprint density at radius 1 is 1.35 bits per heavy atom. The number of nitrogens with two attached hydrogens (primary N) is 1. The summed E-state index contributed by atoms with van der Waals surface area (Å²) in [7, 11) is 0. The molecule has 3 heteroatoms. The van der Waals surface area contributed by atoms with Gasteiger partial charge in [-0.25, -0.2) is 0 Å². The zero-order chi connectivity index (χ0) is 11.8. The Bertz CT molecular complexity index is 520. The zero-order valence-corrected chi connectivity index (χ0v) is 10.9. The van der Waals surface area contributed by atoms with Crippen LogP contribution in [0.1, 0.15) is 19.8 Å². The quantitative estimate of drug-likeness (QED) is 0.837. The van der Waals surface area contributed by atoms with Crippen LogP contribution in [0.2, 0.25) is 0 Å². The van der Waals surface area contributed by atoms with E-state index in [1.807, 2.05) is 0 Å². The number of nitrogens with zero attached hydrogens (tertiary/aromatic N) is 1. The molecule has 2 aromatic rings. The minimum atomic E-state index is 0.381. The van der Waals surface area contributed by atoms with Crippen molar-refractivity contribution >= 4 is 27.1 Å². The lowest BCUT2D eigenvalue weighted by molar-refractivity contribution is 0.430. The Morgan fingerprint density at radius 2 is 2.24 bits per heavy atom. The van der Waals surface area contributed by atoms with Crippen LogP contribution in [0.5, 0.6) is 0 Å². The summed E-state index contributed by atoms with van der Waals surface area (Å²) in [6.07, 6.45) is 2.20. The van der Waals surface area contributed by atoms with E-state index in [0.29, 0.717) is 12.1 Å². The number of anilines is 1. The minimum absolute atomic E-state index is 0.381. The molecule has 90 valence electrons. The van der Waals surface area contributed by atoms with Gasteiger partial charge in [-0.2, -0.15) is 0 Å². The van der Waals surface area contributed by atoms with Crippen LogP contribution in [0.25, 0.3) is 10.1 Å². The maximum atomic E-state index is 6.01. The number of benzene rings is 1. The van der Waals surface area contributed by atoms with Crippen LogP contribution in [0.15, 0.2) is 29.6 Å². The van der Waals surface area contributed by atoms with Crippen LogP contribution in [-0.4, -0.2) is 18.6 Å². The van der Waals surface area contributed by atoms with E-state index < -0.39 is 0 Å². The summed E-state index contributed by atoms with van der Waals surface area (Å²) >= 11 is 1.81. The van der Waals surface area contributed by atoms with E-state index in [9.17, 15) is 0 Å². The van der Waals surface area contributed by atoms with E-state index in [1.54, 1.807) is 11.3 Å². The maximum absolute atomic E-state index is 6.01. The van der Waals surface area contributed by atoms with Gasteiger partial charge in [-0.1, -0.05) is 0 Å². The standard InChI is InChI=1S/C14H18N2S/c1-10-8-12(15)4-6-16(10)13-2-3-14-11(9-13)5-7-17-14/h2-3,5,7,9-10,12H,4,6,8,15H2,1H3. The first kappa shape index (κ1) is 11.1. The topological polar surface area (TPSA) is 29.3 Å². The predicted octanol–water partition coefficient (Wildman–Crippen LogP) is 3.22. The van der Waals surface area contributed by atoms with Gasteiger partial charge >= 0.3 is 0 Å². The molecule has 2 unspecified atom stereocenters. The normalized spacial score (nSPS) is 25.4. The lowest BCUT2D eigenvalue weighted by atomic mass is 9.98. The van der Waals surface area contributed by atoms with Gasteiger partial charge in [-0.15, -0.1) is 11.3 Å². The summed E-state index contributed by atoms with van der Waals surface area (Å²) in [5.74, 6) is 0. The molecule has 0 aliphatic carbocycles. The fourth-order valence-electron chi connectivity index (χ4n) is 2.72. The highest BCUT2D eigenvalue weighted by Crippen LogP contribution is 2.29. The van der Waals surface area contributed by atoms with Gasteiger partial charge in [0.15, 0.2) is 0 Å².